The largest absolute Gasteiger partial charge is 0.334 e. The lowest BCUT2D eigenvalue weighted by Crippen LogP contribution is -2.45. The fourth-order valence-corrected chi connectivity index (χ4v) is 3.10. The maximum absolute atomic E-state index is 13.1. The molecule has 124 valence electrons. The summed E-state index contributed by atoms with van der Waals surface area (Å²) < 4.78 is 13.1. The second kappa shape index (κ2) is 8.64. The van der Waals surface area contributed by atoms with Gasteiger partial charge in [-0.1, -0.05) is 31.4 Å². The van der Waals surface area contributed by atoms with Crippen molar-refractivity contribution in [2.45, 2.75) is 44.7 Å². The van der Waals surface area contributed by atoms with Crippen LogP contribution in [0.2, 0.25) is 0 Å². The van der Waals surface area contributed by atoms with Crippen LogP contribution in [0, 0.1) is 17.1 Å². The quantitative estimate of drug-likeness (QED) is 0.758. The average Bonchev–Trinajstić information content (AvgIpc) is 2.55. The van der Waals surface area contributed by atoms with Crippen LogP contribution in [-0.2, 0) is 11.3 Å². The fraction of sp³-hybridized carbons (Fsp3) is 0.556. The molecular formula is C18H24FN3O. The van der Waals surface area contributed by atoms with Crippen LogP contribution >= 0.6 is 0 Å². The van der Waals surface area contributed by atoms with E-state index in [0.717, 1.165) is 31.2 Å². The molecule has 23 heavy (non-hydrogen) atoms. The maximum atomic E-state index is 13.1. The Morgan fingerprint density at radius 1 is 1.26 bits per heavy atom. The molecule has 1 aliphatic carbocycles. The topological polar surface area (TPSA) is 47.3 Å². The lowest BCUT2D eigenvalue weighted by Gasteiger charge is -2.35. The number of halogens is 1. The molecule has 1 amide bonds. The third-order valence-electron chi connectivity index (χ3n) is 4.35. The monoisotopic (exact) mass is 317 g/mol. The van der Waals surface area contributed by atoms with Crippen LogP contribution in [-0.4, -0.2) is 41.9 Å². The van der Waals surface area contributed by atoms with Gasteiger partial charge in [0.05, 0.1) is 19.2 Å². The van der Waals surface area contributed by atoms with Crippen LogP contribution in [0.1, 0.15) is 37.7 Å². The van der Waals surface area contributed by atoms with Gasteiger partial charge in [0.15, 0.2) is 0 Å². The summed E-state index contributed by atoms with van der Waals surface area (Å²) in [5, 5.41) is 8.75. The van der Waals surface area contributed by atoms with E-state index in [1.807, 2.05) is 4.90 Å². The molecule has 0 spiro atoms. The van der Waals surface area contributed by atoms with Gasteiger partial charge in [-0.3, -0.25) is 9.69 Å². The molecule has 1 fully saturated rings. The van der Waals surface area contributed by atoms with E-state index in [0.29, 0.717) is 6.54 Å². The zero-order valence-corrected chi connectivity index (χ0v) is 13.7. The Morgan fingerprint density at radius 2 is 1.91 bits per heavy atom. The highest BCUT2D eigenvalue weighted by Crippen LogP contribution is 2.24. The summed E-state index contributed by atoms with van der Waals surface area (Å²) in [6.07, 6.45) is 5.56. The Labute approximate surface area is 137 Å². The molecule has 1 aromatic carbocycles. The fourth-order valence-electron chi connectivity index (χ4n) is 3.10. The summed E-state index contributed by atoms with van der Waals surface area (Å²) in [4.78, 5) is 16.3. The molecule has 1 aromatic rings. The molecule has 0 aliphatic heterocycles. The van der Waals surface area contributed by atoms with E-state index in [1.165, 1.54) is 18.6 Å². The predicted octanol–water partition coefficient (Wildman–Crippen LogP) is 2.94. The molecule has 0 atom stereocenters. The van der Waals surface area contributed by atoms with Crippen molar-refractivity contribution in [2.24, 2.45) is 0 Å². The van der Waals surface area contributed by atoms with Crippen LogP contribution in [0.25, 0.3) is 0 Å². The summed E-state index contributed by atoms with van der Waals surface area (Å²) in [6, 6.07) is 8.64. The zero-order chi connectivity index (χ0) is 16.7. The molecule has 1 saturated carbocycles. The Balaban J connectivity index is 2.08. The van der Waals surface area contributed by atoms with Crippen molar-refractivity contribution < 1.29 is 9.18 Å². The van der Waals surface area contributed by atoms with Gasteiger partial charge in [0.25, 0.3) is 0 Å². The number of benzene rings is 1. The van der Waals surface area contributed by atoms with Gasteiger partial charge in [0.2, 0.25) is 5.91 Å². The molecule has 5 heteroatoms. The average molecular weight is 317 g/mol. The van der Waals surface area contributed by atoms with E-state index in [4.69, 9.17) is 5.26 Å². The molecule has 0 saturated heterocycles. The first kappa shape index (κ1) is 17.4. The SMILES string of the molecule is CN(CC#N)CC(=O)N(Cc1ccc(F)cc1)C1CCCCC1. The summed E-state index contributed by atoms with van der Waals surface area (Å²) in [5.74, 6) is -0.225. The third-order valence-corrected chi connectivity index (χ3v) is 4.35. The minimum Gasteiger partial charge on any atom is -0.334 e. The number of nitriles is 1. The minimum atomic E-state index is -0.266. The molecule has 1 aliphatic rings. The van der Waals surface area contributed by atoms with Crippen LogP contribution in [0.15, 0.2) is 24.3 Å². The number of nitrogens with zero attached hydrogens (tertiary/aromatic N) is 3. The second-order valence-corrected chi connectivity index (χ2v) is 6.27. The van der Waals surface area contributed by atoms with Crippen molar-refractivity contribution in [1.82, 2.24) is 9.80 Å². The van der Waals surface area contributed by atoms with Crippen molar-refractivity contribution in [3.63, 3.8) is 0 Å². The van der Waals surface area contributed by atoms with Gasteiger partial charge < -0.3 is 4.90 Å². The zero-order valence-electron chi connectivity index (χ0n) is 13.7. The van der Waals surface area contributed by atoms with E-state index in [9.17, 15) is 9.18 Å². The number of hydrogen-bond acceptors (Lipinski definition) is 3. The van der Waals surface area contributed by atoms with Crippen molar-refractivity contribution >= 4 is 5.91 Å². The Hall–Kier alpha value is -1.93. The maximum Gasteiger partial charge on any atom is 0.237 e. The van der Waals surface area contributed by atoms with E-state index < -0.39 is 0 Å². The van der Waals surface area contributed by atoms with Gasteiger partial charge in [-0.05, 0) is 37.6 Å². The van der Waals surface area contributed by atoms with Gasteiger partial charge in [-0.2, -0.15) is 5.26 Å². The summed E-state index contributed by atoms with van der Waals surface area (Å²) in [6.45, 7) is 0.982. The Bertz CT molecular complexity index is 546. The second-order valence-electron chi connectivity index (χ2n) is 6.27. The van der Waals surface area contributed by atoms with Gasteiger partial charge >= 0.3 is 0 Å². The van der Waals surface area contributed by atoms with Crippen LogP contribution in [0.5, 0.6) is 0 Å². The molecule has 0 aromatic heterocycles. The lowest BCUT2D eigenvalue weighted by atomic mass is 9.93. The first-order chi connectivity index (χ1) is 11.1. The predicted molar refractivity (Wildman–Crippen MR) is 86.9 cm³/mol. The highest BCUT2D eigenvalue weighted by atomic mass is 19.1. The standard InChI is InChI=1S/C18H24FN3O/c1-21(12-11-20)14-18(23)22(17-5-3-2-4-6-17)13-15-7-9-16(19)10-8-15/h7-10,17H,2-6,12-14H2,1H3. The molecule has 0 radical (unpaired) electrons. The van der Waals surface area contributed by atoms with Gasteiger partial charge in [-0.25, -0.2) is 4.39 Å². The smallest absolute Gasteiger partial charge is 0.237 e. The van der Waals surface area contributed by atoms with Crippen LogP contribution in [0.4, 0.5) is 4.39 Å². The highest BCUT2D eigenvalue weighted by molar-refractivity contribution is 5.78. The van der Waals surface area contributed by atoms with Crippen LogP contribution in [0.3, 0.4) is 0 Å². The third kappa shape index (κ3) is 5.33. The van der Waals surface area contributed by atoms with Gasteiger partial charge in [-0.15, -0.1) is 0 Å². The lowest BCUT2D eigenvalue weighted by molar-refractivity contribution is -0.135. The van der Waals surface area contributed by atoms with Crippen molar-refractivity contribution in [3.8, 4) is 6.07 Å². The number of amides is 1. The van der Waals surface area contributed by atoms with Gasteiger partial charge in [0.1, 0.15) is 5.82 Å². The molecule has 0 unspecified atom stereocenters. The summed E-state index contributed by atoms with van der Waals surface area (Å²) in [7, 11) is 1.78. The summed E-state index contributed by atoms with van der Waals surface area (Å²) >= 11 is 0. The van der Waals surface area contributed by atoms with Crippen LogP contribution < -0.4 is 0 Å². The molecule has 4 nitrogen and oxygen atoms in total. The van der Waals surface area contributed by atoms with Gasteiger partial charge in [0, 0.05) is 12.6 Å². The Morgan fingerprint density at radius 3 is 2.52 bits per heavy atom. The number of carbonyl (C=O) groups is 1. The first-order valence-electron chi connectivity index (χ1n) is 8.19. The number of carbonyl (C=O) groups excluding carboxylic acids is 1. The molecule has 0 bridgehead atoms. The first-order valence-corrected chi connectivity index (χ1v) is 8.19. The van der Waals surface area contributed by atoms with E-state index >= 15 is 0 Å². The molecule has 0 N–H and O–H groups in total. The number of hydrogen-bond donors (Lipinski definition) is 0. The number of rotatable bonds is 6. The van der Waals surface area contributed by atoms with E-state index in [-0.39, 0.29) is 30.9 Å². The van der Waals surface area contributed by atoms with Crippen molar-refractivity contribution in [1.29, 1.82) is 5.26 Å². The molecule has 2 rings (SSSR count). The highest BCUT2D eigenvalue weighted by Gasteiger charge is 2.26. The van der Waals surface area contributed by atoms with Crippen molar-refractivity contribution in [2.75, 3.05) is 20.1 Å². The molecule has 0 heterocycles. The summed E-state index contributed by atoms with van der Waals surface area (Å²) in [5.41, 5.74) is 0.938. The Kier molecular flexibility index (Phi) is 6.54. The van der Waals surface area contributed by atoms with Crippen molar-refractivity contribution in [3.05, 3.63) is 35.6 Å². The van der Waals surface area contributed by atoms with E-state index in [1.54, 1.807) is 24.1 Å². The number of likely N-dealkylation sites (N-methyl/N-ethyl adjacent to an activating group) is 1. The van der Waals surface area contributed by atoms with E-state index in [2.05, 4.69) is 6.07 Å². The normalized spacial score (nSPS) is 15.4. The molecular weight excluding hydrogens is 293 g/mol. The minimum absolute atomic E-state index is 0.0407.